The minimum atomic E-state index is -0.650. The number of anilines is 1. The molecule has 9 nitrogen and oxygen atoms in total. The summed E-state index contributed by atoms with van der Waals surface area (Å²) in [4.78, 5) is 40.6. The summed E-state index contributed by atoms with van der Waals surface area (Å²) >= 11 is 0. The fourth-order valence-corrected chi connectivity index (χ4v) is 4.30. The number of H-pyrrole nitrogens is 1. The second-order valence-corrected chi connectivity index (χ2v) is 8.41. The van der Waals surface area contributed by atoms with Crippen molar-refractivity contribution >= 4 is 23.4 Å². The van der Waals surface area contributed by atoms with E-state index in [1.54, 1.807) is 11.1 Å². The van der Waals surface area contributed by atoms with E-state index in [2.05, 4.69) is 26.0 Å². The van der Waals surface area contributed by atoms with Crippen LogP contribution in [0, 0.1) is 5.92 Å². The minimum absolute atomic E-state index is 0.120. The van der Waals surface area contributed by atoms with Crippen molar-refractivity contribution in [2.24, 2.45) is 5.92 Å². The van der Waals surface area contributed by atoms with E-state index in [0.29, 0.717) is 31.4 Å². The van der Waals surface area contributed by atoms with E-state index >= 15 is 0 Å². The molecule has 0 saturated carbocycles. The zero-order valence-corrected chi connectivity index (χ0v) is 17.9. The SMILES string of the molecule is CC[C@H](C)CC(=O)N[C@H]1CCc2cccc3c2N(C1=O)[C@H](C(=O)NCc1c[nH]nn1)C3. The molecule has 31 heavy (non-hydrogen) atoms. The summed E-state index contributed by atoms with van der Waals surface area (Å²) < 4.78 is 0. The minimum Gasteiger partial charge on any atom is -0.348 e. The van der Waals surface area contributed by atoms with Crippen LogP contribution in [0.3, 0.4) is 0 Å². The lowest BCUT2D eigenvalue weighted by Crippen LogP contribution is -2.54. The third-order valence-corrected chi connectivity index (χ3v) is 6.19. The van der Waals surface area contributed by atoms with E-state index in [1.165, 1.54) is 0 Å². The topological polar surface area (TPSA) is 120 Å². The van der Waals surface area contributed by atoms with Crippen LogP contribution in [0.25, 0.3) is 0 Å². The average Bonchev–Trinajstić information content (AvgIpc) is 3.39. The molecule has 0 aliphatic carbocycles. The first-order valence-electron chi connectivity index (χ1n) is 10.8. The highest BCUT2D eigenvalue weighted by molar-refractivity contribution is 6.07. The number of hydrogen-bond acceptors (Lipinski definition) is 5. The highest BCUT2D eigenvalue weighted by atomic mass is 16.2. The monoisotopic (exact) mass is 424 g/mol. The Morgan fingerprint density at radius 1 is 1.32 bits per heavy atom. The van der Waals surface area contributed by atoms with Gasteiger partial charge in [-0.1, -0.05) is 43.7 Å². The van der Waals surface area contributed by atoms with Crippen molar-refractivity contribution in [2.75, 3.05) is 4.90 Å². The van der Waals surface area contributed by atoms with E-state index in [9.17, 15) is 14.4 Å². The second-order valence-electron chi connectivity index (χ2n) is 8.41. The van der Waals surface area contributed by atoms with Crippen molar-refractivity contribution in [1.29, 1.82) is 0 Å². The van der Waals surface area contributed by atoms with Crippen molar-refractivity contribution in [3.63, 3.8) is 0 Å². The van der Waals surface area contributed by atoms with Crippen molar-refractivity contribution in [3.8, 4) is 0 Å². The summed E-state index contributed by atoms with van der Waals surface area (Å²) in [5.74, 6) is -0.329. The third kappa shape index (κ3) is 4.30. The van der Waals surface area contributed by atoms with Crippen LogP contribution in [0.15, 0.2) is 24.4 Å². The third-order valence-electron chi connectivity index (χ3n) is 6.19. The Morgan fingerprint density at radius 2 is 2.13 bits per heavy atom. The van der Waals surface area contributed by atoms with Gasteiger partial charge >= 0.3 is 0 Å². The summed E-state index contributed by atoms with van der Waals surface area (Å²) in [5.41, 5.74) is 3.46. The zero-order chi connectivity index (χ0) is 22.0. The molecule has 0 saturated heterocycles. The molecular formula is C22H28N6O3. The van der Waals surface area contributed by atoms with Gasteiger partial charge in [0.1, 0.15) is 17.8 Å². The van der Waals surface area contributed by atoms with Gasteiger partial charge in [0.15, 0.2) is 0 Å². The Labute approximate surface area is 181 Å². The van der Waals surface area contributed by atoms with Gasteiger partial charge in [0.25, 0.3) is 0 Å². The summed E-state index contributed by atoms with van der Waals surface area (Å²) in [7, 11) is 0. The quantitative estimate of drug-likeness (QED) is 0.618. The van der Waals surface area contributed by atoms with Gasteiger partial charge in [0.2, 0.25) is 17.7 Å². The number of aromatic nitrogens is 3. The maximum absolute atomic E-state index is 13.5. The Morgan fingerprint density at radius 3 is 2.87 bits per heavy atom. The number of rotatable bonds is 7. The Bertz CT molecular complexity index is 974. The van der Waals surface area contributed by atoms with Crippen LogP contribution in [-0.2, 0) is 33.8 Å². The fourth-order valence-electron chi connectivity index (χ4n) is 4.30. The van der Waals surface area contributed by atoms with Crippen LogP contribution in [0.4, 0.5) is 5.69 Å². The number of benzene rings is 1. The molecular weight excluding hydrogens is 396 g/mol. The molecule has 0 spiro atoms. The Kier molecular flexibility index (Phi) is 6.01. The predicted octanol–water partition coefficient (Wildman–Crippen LogP) is 1.25. The van der Waals surface area contributed by atoms with Gasteiger partial charge in [0.05, 0.1) is 12.2 Å². The molecule has 1 aromatic carbocycles. The van der Waals surface area contributed by atoms with E-state index in [1.807, 2.05) is 32.0 Å². The number of nitrogens with zero attached hydrogens (tertiary/aromatic N) is 3. The smallest absolute Gasteiger partial charge is 0.250 e. The molecule has 2 aliphatic heterocycles. The second kappa shape index (κ2) is 8.87. The number of carbonyl (C=O) groups is 3. The molecule has 3 amide bonds. The van der Waals surface area contributed by atoms with Crippen LogP contribution in [0.5, 0.6) is 0 Å². The molecule has 3 heterocycles. The molecule has 2 aliphatic rings. The first-order chi connectivity index (χ1) is 15.0. The molecule has 2 aromatic rings. The summed E-state index contributed by atoms with van der Waals surface area (Å²) in [6.07, 6.45) is 4.55. The maximum Gasteiger partial charge on any atom is 0.250 e. The first-order valence-corrected chi connectivity index (χ1v) is 10.8. The number of aromatic amines is 1. The fraction of sp³-hybridized carbons (Fsp3) is 0.500. The molecule has 3 atom stereocenters. The van der Waals surface area contributed by atoms with Gasteiger partial charge in [-0.2, -0.15) is 0 Å². The van der Waals surface area contributed by atoms with Gasteiger partial charge in [-0.25, -0.2) is 0 Å². The van der Waals surface area contributed by atoms with Crippen LogP contribution < -0.4 is 15.5 Å². The standard InChI is InChI=1S/C22H28N6O3/c1-3-13(2)9-19(29)25-17-8-7-14-5-4-6-15-10-18(28(20(14)15)22(17)31)21(30)23-11-16-12-24-27-26-16/h4-6,12-13,17-18H,3,7-11H2,1-2H3,(H,23,30)(H,25,29)(H,24,26,27)/t13-,17-,18-/m0/s1. The van der Waals surface area contributed by atoms with Crippen LogP contribution in [-0.4, -0.2) is 45.2 Å². The first kappa shape index (κ1) is 21.0. The van der Waals surface area contributed by atoms with E-state index in [4.69, 9.17) is 0 Å². The van der Waals surface area contributed by atoms with Gasteiger partial charge in [-0.3, -0.25) is 24.4 Å². The largest absolute Gasteiger partial charge is 0.348 e. The molecule has 9 heteroatoms. The van der Waals surface area contributed by atoms with Crippen molar-refractivity contribution in [2.45, 2.75) is 64.6 Å². The van der Waals surface area contributed by atoms with Gasteiger partial charge in [0, 0.05) is 19.0 Å². The van der Waals surface area contributed by atoms with Gasteiger partial charge < -0.3 is 10.6 Å². The van der Waals surface area contributed by atoms with E-state index < -0.39 is 12.1 Å². The lowest BCUT2D eigenvalue weighted by molar-refractivity contribution is -0.129. The molecule has 3 N–H and O–H groups in total. The lowest BCUT2D eigenvalue weighted by Gasteiger charge is -2.28. The molecule has 164 valence electrons. The number of aryl methyl sites for hydroxylation is 1. The zero-order valence-electron chi connectivity index (χ0n) is 17.9. The number of hydrogen-bond donors (Lipinski definition) is 3. The van der Waals surface area contributed by atoms with E-state index in [0.717, 1.165) is 23.2 Å². The Hall–Kier alpha value is -3.23. The molecule has 0 unspecified atom stereocenters. The van der Waals surface area contributed by atoms with Crippen LogP contribution in [0.1, 0.15) is 49.9 Å². The number of nitrogens with one attached hydrogen (secondary N) is 3. The highest BCUT2D eigenvalue weighted by Gasteiger charge is 2.43. The molecule has 0 radical (unpaired) electrons. The molecule has 1 aromatic heterocycles. The van der Waals surface area contributed by atoms with Crippen molar-refractivity contribution in [1.82, 2.24) is 26.0 Å². The summed E-state index contributed by atoms with van der Waals surface area (Å²) in [6, 6.07) is 4.64. The highest BCUT2D eigenvalue weighted by Crippen LogP contribution is 2.39. The summed E-state index contributed by atoms with van der Waals surface area (Å²) in [6.45, 7) is 4.29. The number of carbonyl (C=O) groups excluding carboxylic acids is 3. The van der Waals surface area contributed by atoms with E-state index in [-0.39, 0.29) is 30.2 Å². The van der Waals surface area contributed by atoms with Crippen LogP contribution in [0.2, 0.25) is 0 Å². The van der Waals surface area contributed by atoms with Gasteiger partial charge in [-0.05, 0) is 29.9 Å². The summed E-state index contributed by atoms with van der Waals surface area (Å²) in [5, 5.41) is 15.9. The van der Waals surface area contributed by atoms with Crippen molar-refractivity contribution < 1.29 is 14.4 Å². The normalized spacial score (nSPS) is 20.7. The average molecular weight is 425 g/mol. The lowest BCUT2D eigenvalue weighted by atomic mass is 10.0. The maximum atomic E-state index is 13.5. The molecule has 0 fully saturated rings. The molecule has 4 rings (SSSR count). The predicted molar refractivity (Wildman–Crippen MR) is 114 cm³/mol. The number of para-hydroxylation sites is 1. The molecule has 0 bridgehead atoms. The number of amides is 3. The van der Waals surface area contributed by atoms with Gasteiger partial charge in [-0.15, -0.1) is 5.10 Å². The van der Waals surface area contributed by atoms with Crippen molar-refractivity contribution in [3.05, 3.63) is 41.2 Å². The Balaban J connectivity index is 1.55. The van der Waals surface area contributed by atoms with Crippen LogP contribution >= 0.6 is 0 Å².